The van der Waals surface area contributed by atoms with Gasteiger partial charge < -0.3 is 4.74 Å². The molecule has 3 nitrogen and oxygen atoms in total. The monoisotopic (exact) mass is 409 g/mol. The molecule has 0 saturated carbocycles. The number of halogens is 2. The summed E-state index contributed by atoms with van der Waals surface area (Å²) in [6.07, 6.45) is 1.78. The maximum atomic E-state index is 12.2. The lowest BCUT2D eigenvalue weighted by Crippen LogP contribution is -2.22. The first-order chi connectivity index (χ1) is 12.0. The van der Waals surface area contributed by atoms with Gasteiger partial charge in [0.25, 0.3) is 5.91 Å². The fraction of sp³-hybridized carbons (Fsp3) is 0.111. The number of thiocarbonyl (C=S) groups is 1. The number of thioether (sulfide) groups is 1. The largest absolute Gasteiger partial charge is 0.488 e. The van der Waals surface area contributed by atoms with Crippen molar-refractivity contribution in [3.63, 3.8) is 0 Å². The minimum absolute atomic E-state index is 0.112. The molecule has 128 valence electrons. The molecule has 1 amide bonds. The lowest BCUT2D eigenvalue weighted by Gasteiger charge is -2.12. The predicted molar refractivity (Wildman–Crippen MR) is 108 cm³/mol. The maximum absolute atomic E-state index is 12.2. The molecule has 2 aromatic rings. The predicted octanol–water partition coefficient (Wildman–Crippen LogP) is 5.40. The molecule has 0 atom stereocenters. The van der Waals surface area contributed by atoms with E-state index in [9.17, 15) is 4.79 Å². The Morgan fingerprint density at radius 2 is 1.84 bits per heavy atom. The van der Waals surface area contributed by atoms with Crippen molar-refractivity contribution in [2.45, 2.75) is 6.61 Å². The van der Waals surface area contributed by atoms with Crippen LogP contribution >= 0.6 is 47.2 Å². The number of rotatable bonds is 4. The van der Waals surface area contributed by atoms with Gasteiger partial charge in [-0.3, -0.25) is 9.69 Å². The lowest BCUT2D eigenvalue weighted by atomic mass is 10.1. The van der Waals surface area contributed by atoms with Crippen LogP contribution in [0.5, 0.6) is 5.75 Å². The van der Waals surface area contributed by atoms with E-state index in [4.69, 9.17) is 40.2 Å². The second-order valence-electron chi connectivity index (χ2n) is 5.27. The van der Waals surface area contributed by atoms with Crippen LogP contribution in [0.1, 0.15) is 11.1 Å². The summed E-state index contributed by atoms with van der Waals surface area (Å²) in [6.45, 7) is 0.234. The summed E-state index contributed by atoms with van der Waals surface area (Å²) in [5.41, 5.74) is 1.51. The first-order valence-corrected chi connectivity index (χ1v) is 9.31. The van der Waals surface area contributed by atoms with E-state index in [-0.39, 0.29) is 12.5 Å². The van der Waals surface area contributed by atoms with E-state index >= 15 is 0 Å². The van der Waals surface area contributed by atoms with Crippen LogP contribution in [0.2, 0.25) is 10.0 Å². The molecule has 7 heteroatoms. The van der Waals surface area contributed by atoms with E-state index < -0.39 is 0 Å². The summed E-state index contributed by atoms with van der Waals surface area (Å²) in [7, 11) is 1.67. The molecular formula is C18H13Cl2NO2S2. The smallest absolute Gasteiger partial charge is 0.265 e. The molecule has 0 N–H and O–H groups in total. The third kappa shape index (κ3) is 4.01. The summed E-state index contributed by atoms with van der Waals surface area (Å²) >= 11 is 18.8. The van der Waals surface area contributed by atoms with Gasteiger partial charge in [-0.2, -0.15) is 0 Å². The van der Waals surface area contributed by atoms with Crippen LogP contribution in [0.25, 0.3) is 6.08 Å². The zero-order valence-corrected chi connectivity index (χ0v) is 16.3. The van der Waals surface area contributed by atoms with Gasteiger partial charge in [-0.15, -0.1) is 0 Å². The highest BCUT2D eigenvalue weighted by molar-refractivity contribution is 8.26. The number of para-hydroxylation sites is 1. The van der Waals surface area contributed by atoms with Gasteiger partial charge in [0.05, 0.1) is 4.91 Å². The number of carbonyl (C=O) groups excluding carboxylic acids is 1. The number of carbonyl (C=O) groups is 1. The molecule has 0 unspecified atom stereocenters. The van der Waals surface area contributed by atoms with E-state index in [1.165, 1.54) is 16.7 Å². The molecule has 25 heavy (non-hydrogen) atoms. The standard InChI is InChI=1S/C18H13Cl2NO2S2/c1-21-17(22)16(25-18(21)24)9-11-5-2-3-8-15(11)23-10-12-13(19)6-4-7-14(12)20/h2-9H,10H2,1H3/b16-9+. The minimum atomic E-state index is -0.112. The molecule has 0 aliphatic carbocycles. The van der Waals surface area contributed by atoms with Crippen molar-refractivity contribution in [2.24, 2.45) is 0 Å². The second-order valence-corrected chi connectivity index (χ2v) is 7.76. The number of hydrogen-bond acceptors (Lipinski definition) is 4. The molecule has 1 heterocycles. The van der Waals surface area contributed by atoms with Gasteiger partial charge in [-0.25, -0.2) is 0 Å². The Morgan fingerprint density at radius 1 is 1.16 bits per heavy atom. The summed E-state index contributed by atoms with van der Waals surface area (Å²) in [6, 6.07) is 12.8. The highest BCUT2D eigenvalue weighted by atomic mass is 35.5. The van der Waals surface area contributed by atoms with Crippen molar-refractivity contribution in [3.05, 3.63) is 68.5 Å². The van der Waals surface area contributed by atoms with Gasteiger partial charge in [-0.05, 0) is 24.3 Å². The zero-order chi connectivity index (χ0) is 18.0. The van der Waals surface area contributed by atoms with Crippen molar-refractivity contribution >= 4 is 63.5 Å². The third-order valence-corrected chi connectivity index (χ3v) is 5.82. The highest BCUT2D eigenvalue weighted by Gasteiger charge is 2.28. The Bertz CT molecular complexity index is 863. The number of likely N-dealkylation sites (N-methyl/N-ethyl adjacent to an activating group) is 1. The molecule has 1 fully saturated rings. The van der Waals surface area contributed by atoms with Crippen LogP contribution in [-0.4, -0.2) is 22.2 Å². The molecule has 1 saturated heterocycles. The molecular weight excluding hydrogens is 397 g/mol. The summed E-state index contributed by atoms with van der Waals surface area (Å²) in [4.78, 5) is 14.2. The molecule has 3 rings (SSSR count). The Labute approximate surface area is 165 Å². The Kier molecular flexibility index (Phi) is 5.69. The van der Waals surface area contributed by atoms with Crippen molar-refractivity contribution in [2.75, 3.05) is 7.05 Å². The Hall–Kier alpha value is -1.53. The summed E-state index contributed by atoms with van der Waals surface area (Å²) < 4.78 is 6.44. The van der Waals surface area contributed by atoms with Gasteiger partial charge in [0.15, 0.2) is 0 Å². The van der Waals surface area contributed by atoms with E-state index in [0.717, 1.165) is 11.1 Å². The molecule has 0 radical (unpaired) electrons. The van der Waals surface area contributed by atoms with E-state index in [1.54, 1.807) is 31.3 Å². The van der Waals surface area contributed by atoms with Crippen molar-refractivity contribution in [3.8, 4) is 5.75 Å². The van der Waals surface area contributed by atoms with Gasteiger partial charge in [0.2, 0.25) is 0 Å². The number of hydrogen-bond donors (Lipinski definition) is 0. The van der Waals surface area contributed by atoms with Gasteiger partial charge in [0, 0.05) is 28.2 Å². The average molecular weight is 410 g/mol. The van der Waals surface area contributed by atoms with Crippen LogP contribution in [0.4, 0.5) is 0 Å². The Morgan fingerprint density at radius 3 is 2.48 bits per heavy atom. The molecule has 2 aromatic carbocycles. The molecule has 1 aliphatic rings. The molecule has 1 aliphatic heterocycles. The Balaban J connectivity index is 1.85. The van der Waals surface area contributed by atoms with E-state index in [2.05, 4.69) is 0 Å². The molecule has 0 bridgehead atoms. The SMILES string of the molecule is CN1C(=O)/C(=C\c2ccccc2OCc2c(Cl)cccc2Cl)SC1=S. The van der Waals surface area contributed by atoms with Crippen LogP contribution < -0.4 is 4.74 Å². The van der Waals surface area contributed by atoms with E-state index in [1.807, 2.05) is 24.3 Å². The third-order valence-electron chi connectivity index (χ3n) is 3.63. The van der Waals surface area contributed by atoms with Crippen LogP contribution in [0.3, 0.4) is 0 Å². The summed E-state index contributed by atoms with van der Waals surface area (Å²) in [5, 5.41) is 1.11. The lowest BCUT2D eigenvalue weighted by molar-refractivity contribution is -0.121. The number of amides is 1. The van der Waals surface area contributed by atoms with E-state index in [0.29, 0.717) is 25.0 Å². The quantitative estimate of drug-likeness (QED) is 0.499. The number of benzene rings is 2. The van der Waals surface area contributed by atoms with Crippen LogP contribution in [-0.2, 0) is 11.4 Å². The topological polar surface area (TPSA) is 29.5 Å². The number of ether oxygens (including phenoxy) is 1. The van der Waals surface area contributed by atoms with Crippen molar-refractivity contribution in [1.82, 2.24) is 4.90 Å². The minimum Gasteiger partial charge on any atom is -0.488 e. The van der Waals surface area contributed by atoms with Crippen LogP contribution in [0.15, 0.2) is 47.4 Å². The summed E-state index contributed by atoms with van der Waals surface area (Å²) in [5.74, 6) is 0.527. The fourth-order valence-electron chi connectivity index (χ4n) is 2.24. The van der Waals surface area contributed by atoms with Gasteiger partial charge in [-0.1, -0.05) is 71.4 Å². The second kappa shape index (κ2) is 7.79. The number of nitrogens with zero attached hydrogens (tertiary/aromatic N) is 1. The molecule has 0 aromatic heterocycles. The normalized spacial score (nSPS) is 16.0. The van der Waals surface area contributed by atoms with Crippen molar-refractivity contribution < 1.29 is 9.53 Å². The molecule has 0 spiro atoms. The van der Waals surface area contributed by atoms with Gasteiger partial charge in [0.1, 0.15) is 16.7 Å². The fourth-order valence-corrected chi connectivity index (χ4v) is 3.92. The van der Waals surface area contributed by atoms with Crippen LogP contribution in [0, 0.1) is 0 Å². The first kappa shape index (κ1) is 18.3. The van der Waals surface area contributed by atoms with Gasteiger partial charge >= 0.3 is 0 Å². The zero-order valence-electron chi connectivity index (χ0n) is 13.2. The highest BCUT2D eigenvalue weighted by Crippen LogP contribution is 2.34. The first-order valence-electron chi connectivity index (χ1n) is 7.33. The average Bonchev–Trinajstić information content (AvgIpc) is 2.83. The van der Waals surface area contributed by atoms with Crippen molar-refractivity contribution in [1.29, 1.82) is 0 Å². The maximum Gasteiger partial charge on any atom is 0.265 e.